The summed E-state index contributed by atoms with van der Waals surface area (Å²) < 4.78 is 0. The normalized spacial score (nSPS) is 19.1. The van der Waals surface area contributed by atoms with Crippen LogP contribution in [0.25, 0.3) is 0 Å². The van der Waals surface area contributed by atoms with Crippen molar-refractivity contribution in [2.45, 2.75) is 46.1 Å². The van der Waals surface area contributed by atoms with Gasteiger partial charge in [0, 0.05) is 43.1 Å². The molecule has 0 aromatic carbocycles. The van der Waals surface area contributed by atoms with E-state index in [1.165, 1.54) is 11.5 Å². The number of hydrogen-bond acceptors (Lipinski definition) is 5. The summed E-state index contributed by atoms with van der Waals surface area (Å²) >= 11 is 2.03. The Balaban J connectivity index is 2.22. The first-order valence-electron chi connectivity index (χ1n) is 7.70. The van der Waals surface area contributed by atoms with Gasteiger partial charge in [0.05, 0.1) is 0 Å². The first-order valence-corrected chi connectivity index (χ1v) is 8.86. The van der Waals surface area contributed by atoms with E-state index in [-0.39, 0.29) is 0 Å². The summed E-state index contributed by atoms with van der Waals surface area (Å²) in [5, 5.41) is 3.40. The van der Waals surface area contributed by atoms with Crippen molar-refractivity contribution in [2.24, 2.45) is 0 Å². The van der Waals surface area contributed by atoms with Crippen LogP contribution in [0, 0.1) is 0 Å². The van der Waals surface area contributed by atoms with E-state index in [0.717, 1.165) is 49.8 Å². The van der Waals surface area contributed by atoms with E-state index in [4.69, 9.17) is 4.98 Å². The van der Waals surface area contributed by atoms with Gasteiger partial charge in [0.2, 0.25) is 0 Å². The molecule has 1 aromatic rings. The predicted octanol–water partition coefficient (Wildman–Crippen LogP) is 3.19. The van der Waals surface area contributed by atoms with Gasteiger partial charge in [0.1, 0.15) is 17.5 Å². The van der Waals surface area contributed by atoms with Gasteiger partial charge in [-0.3, -0.25) is 0 Å². The highest BCUT2D eigenvalue weighted by Gasteiger charge is 2.21. The number of nitrogens with one attached hydrogen (secondary N) is 1. The number of hydrogen-bond donors (Lipinski definition) is 1. The maximum Gasteiger partial charge on any atom is 0.134 e. The van der Waals surface area contributed by atoms with Crippen molar-refractivity contribution in [3.05, 3.63) is 11.9 Å². The highest BCUT2D eigenvalue weighted by Crippen LogP contribution is 2.24. The second-order valence-corrected chi connectivity index (χ2v) is 6.47. The molecule has 5 heteroatoms. The van der Waals surface area contributed by atoms with Gasteiger partial charge in [0.15, 0.2) is 0 Å². The molecule has 1 aromatic heterocycles. The molecule has 20 heavy (non-hydrogen) atoms. The summed E-state index contributed by atoms with van der Waals surface area (Å²) in [5.74, 6) is 5.41. The van der Waals surface area contributed by atoms with Crippen LogP contribution in [0.4, 0.5) is 11.6 Å². The second kappa shape index (κ2) is 7.72. The van der Waals surface area contributed by atoms with Crippen LogP contribution in [0.3, 0.4) is 0 Å². The molecule has 1 aliphatic rings. The Hall–Kier alpha value is -0.970. The molecule has 1 aliphatic heterocycles. The van der Waals surface area contributed by atoms with Crippen LogP contribution in [0.2, 0.25) is 0 Å². The lowest BCUT2D eigenvalue weighted by Gasteiger charge is -2.34. The van der Waals surface area contributed by atoms with E-state index in [9.17, 15) is 0 Å². The maximum atomic E-state index is 4.77. The van der Waals surface area contributed by atoms with Crippen molar-refractivity contribution in [3.8, 4) is 0 Å². The number of thioether (sulfide) groups is 1. The molecule has 1 N–H and O–H groups in total. The summed E-state index contributed by atoms with van der Waals surface area (Å²) in [6.07, 6.45) is 3.15. The van der Waals surface area contributed by atoms with Gasteiger partial charge in [-0.1, -0.05) is 13.8 Å². The van der Waals surface area contributed by atoms with Gasteiger partial charge in [-0.05, 0) is 19.8 Å². The minimum absolute atomic E-state index is 0.553. The zero-order valence-corrected chi connectivity index (χ0v) is 13.7. The van der Waals surface area contributed by atoms with Crippen LogP contribution in [0.5, 0.6) is 0 Å². The van der Waals surface area contributed by atoms with Crippen molar-refractivity contribution in [2.75, 3.05) is 34.8 Å². The van der Waals surface area contributed by atoms with Crippen LogP contribution in [0.15, 0.2) is 6.07 Å². The van der Waals surface area contributed by atoms with Crippen LogP contribution in [-0.4, -0.2) is 40.6 Å². The van der Waals surface area contributed by atoms with Crippen LogP contribution in [0.1, 0.15) is 39.4 Å². The molecular weight excluding hydrogens is 268 g/mol. The smallest absolute Gasteiger partial charge is 0.134 e. The van der Waals surface area contributed by atoms with Gasteiger partial charge in [-0.15, -0.1) is 0 Å². The van der Waals surface area contributed by atoms with Gasteiger partial charge in [-0.2, -0.15) is 11.8 Å². The van der Waals surface area contributed by atoms with E-state index >= 15 is 0 Å². The number of aromatic nitrogens is 2. The molecule has 112 valence electrons. The topological polar surface area (TPSA) is 41.0 Å². The predicted molar refractivity (Wildman–Crippen MR) is 88.9 cm³/mol. The molecule has 0 spiro atoms. The fourth-order valence-corrected chi connectivity index (χ4v) is 3.39. The minimum atomic E-state index is 0.553. The summed E-state index contributed by atoms with van der Waals surface area (Å²) in [7, 11) is 0. The van der Waals surface area contributed by atoms with E-state index in [2.05, 4.69) is 42.0 Å². The largest absolute Gasteiger partial charge is 0.370 e. The fraction of sp³-hybridized carbons (Fsp3) is 0.733. The summed E-state index contributed by atoms with van der Waals surface area (Å²) in [5.41, 5.74) is 0. The van der Waals surface area contributed by atoms with Crippen LogP contribution < -0.4 is 10.2 Å². The molecule has 1 unspecified atom stereocenters. The second-order valence-electron chi connectivity index (χ2n) is 5.32. The fourth-order valence-electron chi connectivity index (χ4n) is 2.38. The van der Waals surface area contributed by atoms with Crippen molar-refractivity contribution < 1.29 is 0 Å². The Morgan fingerprint density at radius 1 is 1.35 bits per heavy atom. The molecule has 0 aliphatic carbocycles. The molecular formula is C15H26N4S. The molecule has 0 amide bonds. The summed E-state index contributed by atoms with van der Waals surface area (Å²) in [4.78, 5) is 11.8. The molecule has 2 heterocycles. The van der Waals surface area contributed by atoms with Gasteiger partial charge in [0.25, 0.3) is 0 Å². The zero-order chi connectivity index (χ0) is 14.4. The molecule has 4 nitrogen and oxygen atoms in total. The van der Waals surface area contributed by atoms with Crippen LogP contribution >= 0.6 is 11.8 Å². The molecule has 2 rings (SSSR count). The zero-order valence-electron chi connectivity index (χ0n) is 12.9. The van der Waals surface area contributed by atoms with E-state index < -0.39 is 0 Å². The Morgan fingerprint density at radius 3 is 2.90 bits per heavy atom. The average Bonchev–Trinajstić information content (AvgIpc) is 2.46. The standard InChI is InChI=1S/C15H26N4S/c1-4-6-13-17-14(16-7-5-2)10-15(18-13)19-8-9-20-11-12(19)3/h10,12H,4-9,11H2,1-3H3,(H,16,17,18). The molecule has 0 bridgehead atoms. The van der Waals surface area contributed by atoms with Gasteiger partial charge in [-0.25, -0.2) is 9.97 Å². The third-order valence-electron chi connectivity index (χ3n) is 3.45. The minimum Gasteiger partial charge on any atom is -0.370 e. The highest BCUT2D eigenvalue weighted by molar-refractivity contribution is 7.99. The number of aryl methyl sites for hydroxylation is 1. The Morgan fingerprint density at radius 2 is 2.20 bits per heavy atom. The van der Waals surface area contributed by atoms with Crippen molar-refractivity contribution in [3.63, 3.8) is 0 Å². The number of nitrogens with zero attached hydrogens (tertiary/aromatic N) is 3. The van der Waals surface area contributed by atoms with E-state index in [1.807, 2.05) is 11.8 Å². The lowest BCUT2D eigenvalue weighted by atomic mass is 10.2. The third-order valence-corrected chi connectivity index (χ3v) is 4.64. The Labute approximate surface area is 126 Å². The molecule has 0 saturated carbocycles. The summed E-state index contributed by atoms with van der Waals surface area (Å²) in [6, 6.07) is 2.67. The highest BCUT2D eigenvalue weighted by atomic mass is 32.2. The first-order chi connectivity index (χ1) is 9.74. The number of rotatable bonds is 6. The lowest BCUT2D eigenvalue weighted by Crippen LogP contribution is -2.41. The maximum absolute atomic E-state index is 4.77. The molecule has 1 atom stereocenters. The van der Waals surface area contributed by atoms with E-state index in [1.54, 1.807) is 0 Å². The molecule has 0 radical (unpaired) electrons. The first kappa shape index (κ1) is 15.4. The molecule has 1 fully saturated rings. The number of anilines is 2. The average molecular weight is 294 g/mol. The van der Waals surface area contributed by atoms with Crippen LogP contribution in [-0.2, 0) is 6.42 Å². The monoisotopic (exact) mass is 294 g/mol. The Kier molecular flexibility index (Phi) is 5.95. The van der Waals surface area contributed by atoms with Crippen molar-refractivity contribution in [1.82, 2.24) is 9.97 Å². The summed E-state index contributed by atoms with van der Waals surface area (Å²) in [6.45, 7) is 8.68. The SMILES string of the molecule is CCCNc1cc(N2CCSCC2C)nc(CCC)n1. The lowest BCUT2D eigenvalue weighted by molar-refractivity contribution is 0.682. The van der Waals surface area contributed by atoms with Crippen molar-refractivity contribution >= 4 is 23.4 Å². The third kappa shape index (κ3) is 4.01. The quantitative estimate of drug-likeness (QED) is 0.872. The van der Waals surface area contributed by atoms with Gasteiger partial charge < -0.3 is 10.2 Å². The Bertz CT molecular complexity index is 424. The van der Waals surface area contributed by atoms with Gasteiger partial charge >= 0.3 is 0 Å². The van der Waals surface area contributed by atoms with Crippen molar-refractivity contribution in [1.29, 1.82) is 0 Å². The molecule has 1 saturated heterocycles. The van der Waals surface area contributed by atoms with E-state index in [0.29, 0.717) is 6.04 Å².